The first-order valence-electron chi connectivity index (χ1n) is 11.3. The predicted octanol–water partition coefficient (Wildman–Crippen LogP) is 5.77. The Morgan fingerprint density at radius 3 is 2.36 bits per heavy atom. The average molecular weight is 378 g/mol. The van der Waals surface area contributed by atoms with E-state index in [0.717, 1.165) is 25.8 Å². The monoisotopic (exact) mass is 377 g/mol. The molecule has 150 valence electrons. The van der Waals surface area contributed by atoms with Crippen LogP contribution in [0.1, 0.15) is 68.5 Å². The third kappa shape index (κ3) is 4.67. The van der Waals surface area contributed by atoms with Gasteiger partial charge in [0.1, 0.15) is 0 Å². The Labute approximate surface area is 170 Å². The fraction of sp³-hybridized carbons (Fsp3) is 0.538. The van der Waals surface area contributed by atoms with Gasteiger partial charge >= 0.3 is 0 Å². The molecule has 1 N–H and O–H groups in total. The highest BCUT2D eigenvalue weighted by Crippen LogP contribution is 2.40. The fourth-order valence-electron chi connectivity index (χ4n) is 5.44. The van der Waals surface area contributed by atoms with Gasteiger partial charge in [0.25, 0.3) is 0 Å². The van der Waals surface area contributed by atoms with E-state index in [1.807, 2.05) is 0 Å². The Hall–Kier alpha value is -1.64. The number of hydrogen-bond acceptors (Lipinski definition) is 2. The molecule has 2 fully saturated rings. The third-order valence-corrected chi connectivity index (χ3v) is 7.11. The zero-order valence-corrected chi connectivity index (χ0v) is 17.1. The van der Waals surface area contributed by atoms with Crippen LogP contribution in [0.3, 0.4) is 0 Å². The zero-order chi connectivity index (χ0) is 19.2. The van der Waals surface area contributed by atoms with Crippen molar-refractivity contribution in [3.8, 4) is 0 Å². The van der Waals surface area contributed by atoms with Crippen LogP contribution in [0.15, 0.2) is 60.7 Å². The number of nitrogens with zero attached hydrogens (tertiary/aromatic N) is 1. The van der Waals surface area contributed by atoms with E-state index in [-0.39, 0.29) is 0 Å². The van der Waals surface area contributed by atoms with E-state index in [0.29, 0.717) is 12.0 Å². The number of rotatable bonds is 6. The lowest BCUT2D eigenvalue weighted by atomic mass is 9.72. The number of aryl methyl sites for hydroxylation is 1. The number of aliphatic hydroxyl groups is 1. The van der Waals surface area contributed by atoms with E-state index in [9.17, 15) is 5.11 Å². The molecule has 0 radical (unpaired) electrons. The van der Waals surface area contributed by atoms with Crippen molar-refractivity contribution in [2.75, 3.05) is 13.1 Å². The molecule has 4 rings (SSSR count). The maximum atomic E-state index is 11.7. The van der Waals surface area contributed by atoms with Crippen LogP contribution in [-0.4, -0.2) is 28.7 Å². The molecule has 3 atom stereocenters. The number of likely N-dealkylation sites (tertiary alicyclic amines) is 1. The second-order valence-electron chi connectivity index (χ2n) is 8.95. The molecule has 1 saturated carbocycles. The summed E-state index contributed by atoms with van der Waals surface area (Å²) in [5.74, 6) is 0.397. The van der Waals surface area contributed by atoms with Gasteiger partial charge in [-0.25, -0.2) is 0 Å². The summed E-state index contributed by atoms with van der Waals surface area (Å²) in [7, 11) is 0. The van der Waals surface area contributed by atoms with Gasteiger partial charge in [-0.2, -0.15) is 0 Å². The first-order valence-corrected chi connectivity index (χ1v) is 11.3. The number of hydrogen-bond donors (Lipinski definition) is 1. The lowest BCUT2D eigenvalue weighted by Crippen LogP contribution is -2.48. The SMILES string of the molecule is OC1(CCc2ccccc2)CCCCC1CN1CCCCC1c1ccccc1. The third-order valence-electron chi connectivity index (χ3n) is 7.11. The molecule has 3 unspecified atom stereocenters. The molecule has 2 aromatic rings. The first kappa shape index (κ1) is 19.7. The minimum absolute atomic E-state index is 0.397. The Bertz CT molecular complexity index is 716. The van der Waals surface area contributed by atoms with Crippen molar-refractivity contribution in [1.29, 1.82) is 0 Å². The summed E-state index contributed by atoms with van der Waals surface area (Å²) in [6.45, 7) is 2.22. The van der Waals surface area contributed by atoms with Crippen LogP contribution in [0, 0.1) is 5.92 Å². The van der Waals surface area contributed by atoms with Crippen molar-refractivity contribution >= 4 is 0 Å². The summed E-state index contributed by atoms with van der Waals surface area (Å²) in [4.78, 5) is 2.68. The van der Waals surface area contributed by atoms with E-state index in [2.05, 4.69) is 65.6 Å². The second kappa shape index (κ2) is 9.24. The van der Waals surface area contributed by atoms with Crippen molar-refractivity contribution in [2.45, 2.75) is 69.4 Å². The van der Waals surface area contributed by atoms with Crippen LogP contribution in [0.2, 0.25) is 0 Å². The first-order chi connectivity index (χ1) is 13.7. The van der Waals surface area contributed by atoms with E-state index in [1.54, 1.807) is 0 Å². The molecular weight excluding hydrogens is 342 g/mol. The average Bonchev–Trinajstić information content (AvgIpc) is 2.76. The summed E-state index contributed by atoms with van der Waals surface area (Å²) in [6.07, 6.45) is 10.3. The van der Waals surface area contributed by atoms with Gasteiger partial charge in [-0.15, -0.1) is 0 Å². The van der Waals surface area contributed by atoms with Crippen LogP contribution in [0.25, 0.3) is 0 Å². The highest BCUT2D eigenvalue weighted by Gasteiger charge is 2.40. The van der Waals surface area contributed by atoms with Gasteiger partial charge in [-0.1, -0.05) is 79.9 Å². The zero-order valence-electron chi connectivity index (χ0n) is 17.1. The maximum Gasteiger partial charge on any atom is 0.0691 e. The molecule has 1 aliphatic heterocycles. The quantitative estimate of drug-likeness (QED) is 0.691. The molecule has 2 heteroatoms. The molecule has 1 aliphatic carbocycles. The van der Waals surface area contributed by atoms with E-state index < -0.39 is 5.60 Å². The molecule has 28 heavy (non-hydrogen) atoms. The van der Waals surface area contributed by atoms with Gasteiger partial charge in [-0.3, -0.25) is 4.90 Å². The molecule has 2 aliphatic rings. The molecule has 1 saturated heterocycles. The highest BCUT2D eigenvalue weighted by atomic mass is 16.3. The molecule has 0 aromatic heterocycles. The molecule has 2 nitrogen and oxygen atoms in total. The van der Waals surface area contributed by atoms with Crippen LogP contribution in [0.4, 0.5) is 0 Å². The minimum atomic E-state index is -0.507. The van der Waals surface area contributed by atoms with Gasteiger partial charge in [0.2, 0.25) is 0 Å². The maximum absolute atomic E-state index is 11.7. The lowest BCUT2D eigenvalue weighted by molar-refractivity contribution is -0.0717. The summed E-state index contributed by atoms with van der Waals surface area (Å²) in [6, 6.07) is 22.2. The topological polar surface area (TPSA) is 23.5 Å². The van der Waals surface area contributed by atoms with Crippen LogP contribution >= 0.6 is 0 Å². The standard InChI is InChI=1S/C26H35NO/c28-26(19-17-22-11-3-1-4-12-22)18-9-7-15-24(26)21-27-20-10-8-16-25(27)23-13-5-2-6-14-23/h1-6,11-14,24-25,28H,7-10,15-21H2. The minimum Gasteiger partial charge on any atom is -0.390 e. The highest BCUT2D eigenvalue weighted by molar-refractivity contribution is 5.20. The molecular formula is C26H35NO. The van der Waals surface area contributed by atoms with Crippen molar-refractivity contribution in [3.63, 3.8) is 0 Å². The molecule has 0 spiro atoms. The predicted molar refractivity (Wildman–Crippen MR) is 116 cm³/mol. The summed E-state index contributed by atoms with van der Waals surface area (Å²) >= 11 is 0. The normalized spacial score (nSPS) is 28.9. The summed E-state index contributed by atoms with van der Waals surface area (Å²) < 4.78 is 0. The largest absolute Gasteiger partial charge is 0.390 e. The molecule has 0 amide bonds. The van der Waals surface area contributed by atoms with E-state index in [4.69, 9.17) is 0 Å². The summed E-state index contributed by atoms with van der Waals surface area (Å²) in [5, 5.41) is 11.7. The summed E-state index contributed by atoms with van der Waals surface area (Å²) in [5.41, 5.74) is 2.29. The van der Waals surface area contributed by atoms with Crippen LogP contribution < -0.4 is 0 Å². The lowest BCUT2D eigenvalue weighted by Gasteiger charge is -2.45. The van der Waals surface area contributed by atoms with Crippen molar-refractivity contribution < 1.29 is 5.11 Å². The van der Waals surface area contributed by atoms with Crippen LogP contribution in [0.5, 0.6) is 0 Å². The van der Waals surface area contributed by atoms with Gasteiger partial charge in [0.05, 0.1) is 5.60 Å². The fourth-order valence-corrected chi connectivity index (χ4v) is 5.44. The van der Waals surface area contributed by atoms with Crippen molar-refractivity contribution in [3.05, 3.63) is 71.8 Å². The van der Waals surface area contributed by atoms with Gasteiger partial charge in [0.15, 0.2) is 0 Å². The van der Waals surface area contributed by atoms with Gasteiger partial charge < -0.3 is 5.11 Å². The molecule has 1 heterocycles. The van der Waals surface area contributed by atoms with Crippen molar-refractivity contribution in [2.24, 2.45) is 5.92 Å². The van der Waals surface area contributed by atoms with E-state index in [1.165, 1.54) is 56.2 Å². The van der Waals surface area contributed by atoms with Crippen molar-refractivity contribution in [1.82, 2.24) is 4.90 Å². The Kier molecular flexibility index (Phi) is 6.49. The number of benzene rings is 2. The second-order valence-corrected chi connectivity index (χ2v) is 8.95. The van der Waals surface area contributed by atoms with Gasteiger partial charge in [-0.05, 0) is 56.2 Å². The molecule has 0 bridgehead atoms. The van der Waals surface area contributed by atoms with Gasteiger partial charge in [0, 0.05) is 18.5 Å². The number of piperidine rings is 1. The molecule has 2 aromatic carbocycles. The Balaban J connectivity index is 1.46. The Morgan fingerprint density at radius 1 is 0.857 bits per heavy atom. The Morgan fingerprint density at radius 2 is 1.57 bits per heavy atom. The van der Waals surface area contributed by atoms with Crippen LogP contribution in [-0.2, 0) is 6.42 Å². The van der Waals surface area contributed by atoms with E-state index >= 15 is 0 Å². The smallest absolute Gasteiger partial charge is 0.0691 e.